The molecule has 0 atom stereocenters. The summed E-state index contributed by atoms with van der Waals surface area (Å²) < 4.78 is 6.34. The van der Waals surface area contributed by atoms with Gasteiger partial charge in [0.15, 0.2) is 6.61 Å². The maximum Gasteiger partial charge on any atom is 0.174 e. The Morgan fingerprint density at radius 3 is 2.33 bits per heavy atom. The molecular formula is C17H17BrN2O. The third-order valence-electron chi connectivity index (χ3n) is 3.19. The molecule has 3 nitrogen and oxygen atoms in total. The number of nitriles is 1. The predicted molar refractivity (Wildman–Crippen MR) is 88.5 cm³/mol. The topological polar surface area (TPSA) is 45.0 Å². The van der Waals surface area contributed by atoms with Gasteiger partial charge in [0.2, 0.25) is 0 Å². The molecule has 4 heteroatoms. The van der Waals surface area contributed by atoms with Crippen LogP contribution in [0.4, 0.5) is 5.69 Å². The molecule has 2 aromatic carbocycles. The van der Waals surface area contributed by atoms with Crippen LogP contribution in [0.5, 0.6) is 5.75 Å². The summed E-state index contributed by atoms with van der Waals surface area (Å²) in [6.45, 7) is 5.02. The normalized spacial score (nSPS) is 10.0. The van der Waals surface area contributed by atoms with Gasteiger partial charge in [-0.3, -0.25) is 0 Å². The highest BCUT2D eigenvalue weighted by Gasteiger charge is 2.04. The molecule has 0 aliphatic heterocycles. The first-order valence-electron chi connectivity index (χ1n) is 6.69. The van der Waals surface area contributed by atoms with Gasteiger partial charge in [0.05, 0.1) is 0 Å². The highest BCUT2D eigenvalue weighted by atomic mass is 79.9. The van der Waals surface area contributed by atoms with Crippen LogP contribution in [0.2, 0.25) is 0 Å². The minimum Gasteiger partial charge on any atom is -0.479 e. The van der Waals surface area contributed by atoms with E-state index in [9.17, 15) is 0 Å². The van der Waals surface area contributed by atoms with Crippen LogP contribution in [-0.2, 0) is 6.54 Å². The van der Waals surface area contributed by atoms with E-state index >= 15 is 0 Å². The maximum absolute atomic E-state index is 8.48. The Morgan fingerprint density at radius 1 is 1.14 bits per heavy atom. The van der Waals surface area contributed by atoms with Crippen molar-refractivity contribution in [2.24, 2.45) is 0 Å². The van der Waals surface area contributed by atoms with Crippen LogP contribution < -0.4 is 10.1 Å². The maximum atomic E-state index is 8.48. The Bertz CT molecular complexity index is 636. The number of hydrogen-bond acceptors (Lipinski definition) is 3. The third-order valence-corrected chi connectivity index (χ3v) is 3.65. The molecular weight excluding hydrogens is 328 g/mol. The third kappa shape index (κ3) is 4.24. The van der Waals surface area contributed by atoms with Crippen LogP contribution in [0.3, 0.4) is 0 Å². The Morgan fingerprint density at radius 2 is 1.76 bits per heavy atom. The zero-order valence-electron chi connectivity index (χ0n) is 12.1. The molecule has 0 amide bonds. The fourth-order valence-corrected chi connectivity index (χ4v) is 2.89. The van der Waals surface area contributed by atoms with Crippen molar-refractivity contribution in [1.29, 1.82) is 5.26 Å². The van der Waals surface area contributed by atoms with Crippen LogP contribution in [0.25, 0.3) is 0 Å². The van der Waals surface area contributed by atoms with Crippen LogP contribution >= 0.6 is 15.9 Å². The second kappa shape index (κ2) is 7.14. The highest BCUT2D eigenvalue weighted by Crippen LogP contribution is 2.25. The fourth-order valence-electron chi connectivity index (χ4n) is 2.20. The lowest BCUT2D eigenvalue weighted by atomic mass is 10.1. The summed E-state index contributed by atoms with van der Waals surface area (Å²) in [5.41, 5.74) is 4.77. The standard InChI is InChI=1S/C17H17BrN2O/c1-12-9-15(18)10-13(2)17(12)20-11-14-3-5-16(6-4-14)21-8-7-19/h3-6,9-10,20H,8,11H2,1-2H3. The largest absolute Gasteiger partial charge is 0.479 e. The SMILES string of the molecule is Cc1cc(Br)cc(C)c1NCc1ccc(OCC#N)cc1. The minimum atomic E-state index is 0.0783. The Labute approximate surface area is 133 Å². The number of rotatable bonds is 5. The molecule has 0 unspecified atom stereocenters. The average Bonchev–Trinajstić information content (AvgIpc) is 2.45. The van der Waals surface area contributed by atoms with E-state index in [0.717, 1.165) is 16.8 Å². The number of hydrogen-bond donors (Lipinski definition) is 1. The fraction of sp³-hybridized carbons (Fsp3) is 0.235. The van der Waals surface area contributed by atoms with E-state index in [-0.39, 0.29) is 6.61 Å². The number of aryl methyl sites for hydroxylation is 2. The average molecular weight is 345 g/mol. The molecule has 1 N–H and O–H groups in total. The molecule has 0 radical (unpaired) electrons. The van der Waals surface area contributed by atoms with Gasteiger partial charge >= 0.3 is 0 Å². The van der Waals surface area contributed by atoms with Gasteiger partial charge in [-0.15, -0.1) is 0 Å². The van der Waals surface area contributed by atoms with Crippen LogP contribution in [-0.4, -0.2) is 6.61 Å². The number of halogens is 1. The molecule has 108 valence electrons. The van der Waals surface area contributed by atoms with E-state index in [2.05, 4.69) is 47.2 Å². The van der Waals surface area contributed by atoms with E-state index in [1.54, 1.807) is 0 Å². The minimum absolute atomic E-state index is 0.0783. The lowest BCUT2D eigenvalue weighted by molar-refractivity contribution is 0.368. The van der Waals surface area contributed by atoms with E-state index in [0.29, 0.717) is 0 Å². The first-order chi connectivity index (χ1) is 10.1. The molecule has 0 bridgehead atoms. The summed E-state index contributed by atoms with van der Waals surface area (Å²) in [6.07, 6.45) is 0. The van der Waals surface area contributed by atoms with E-state index in [1.807, 2.05) is 30.3 Å². The lowest BCUT2D eigenvalue weighted by Gasteiger charge is -2.13. The predicted octanol–water partition coefficient (Wildman–Crippen LogP) is 4.58. The summed E-state index contributed by atoms with van der Waals surface area (Å²) in [5.74, 6) is 0.719. The molecule has 21 heavy (non-hydrogen) atoms. The Balaban J connectivity index is 2.02. The molecule has 0 aliphatic carbocycles. The Hall–Kier alpha value is -1.99. The van der Waals surface area contributed by atoms with Crippen LogP contribution in [0.15, 0.2) is 40.9 Å². The van der Waals surface area contributed by atoms with Gasteiger partial charge in [0.25, 0.3) is 0 Å². The highest BCUT2D eigenvalue weighted by molar-refractivity contribution is 9.10. The second-order valence-corrected chi connectivity index (χ2v) is 5.77. The molecule has 0 aliphatic rings. The molecule has 0 aromatic heterocycles. The molecule has 0 fully saturated rings. The second-order valence-electron chi connectivity index (χ2n) is 4.86. The summed E-state index contributed by atoms with van der Waals surface area (Å²) in [4.78, 5) is 0. The summed E-state index contributed by atoms with van der Waals surface area (Å²) >= 11 is 3.51. The van der Waals surface area contributed by atoms with Gasteiger partial charge in [-0.05, 0) is 54.8 Å². The first kappa shape index (κ1) is 15.4. The van der Waals surface area contributed by atoms with Crippen LogP contribution in [0, 0.1) is 25.2 Å². The number of nitrogens with zero attached hydrogens (tertiary/aromatic N) is 1. The first-order valence-corrected chi connectivity index (χ1v) is 7.49. The van der Waals surface area contributed by atoms with Gasteiger partial charge in [-0.25, -0.2) is 0 Å². The molecule has 2 rings (SSSR count). The van der Waals surface area contributed by atoms with Crippen molar-refractivity contribution in [3.63, 3.8) is 0 Å². The summed E-state index contributed by atoms with van der Waals surface area (Å²) in [5, 5.41) is 11.9. The van der Waals surface area contributed by atoms with Crippen molar-refractivity contribution < 1.29 is 4.74 Å². The number of benzene rings is 2. The van der Waals surface area contributed by atoms with Gasteiger partial charge in [0, 0.05) is 16.7 Å². The number of ether oxygens (including phenoxy) is 1. The number of nitrogens with one attached hydrogen (secondary N) is 1. The van der Waals surface area contributed by atoms with Crippen molar-refractivity contribution >= 4 is 21.6 Å². The van der Waals surface area contributed by atoms with Crippen molar-refractivity contribution in [3.8, 4) is 11.8 Å². The van der Waals surface area contributed by atoms with Crippen LogP contribution in [0.1, 0.15) is 16.7 Å². The Kier molecular flexibility index (Phi) is 5.24. The molecule has 0 saturated carbocycles. The van der Waals surface area contributed by atoms with E-state index in [1.165, 1.54) is 22.4 Å². The van der Waals surface area contributed by atoms with Gasteiger partial charge < -0.3 is 10.1 Å². The molecule has 0 saturated heterocycles. The van der Waals surface area contributed by atoms with Gasteiger partial charge in [-0.1, -0.05) is 28.1 Å². The van der Waals surface area contributed by atoms with Gasteiger partial charge in [-0.2, -0.15) is 5.26 Å². The van der Waals surface area contributed by atoms with Crippen molar-refractivity contribution in [3.05, 3.63) is 57.6 Å². The van der Waals surface area contributed by atoms with E-state index in [4.69, 9.17) is 10.00 Å². The van der Waals surface area contributed by atoms with Crippen molar-refractivity contribution in [2.45, 2.75) is 20.4 Å². The van der Waals surface area contributed by atoms with Crippen molar-refractivity contribution in [2.75, 3.05) is 11.9 Å². The quantitative estimate of drug-likeness (QED) is 0.863. The molecule has 2 aromatic rings. The zero-order valence-corrected chi connectivity index (χ0v) is 13.7. The van der Waals surface area contributed by atoms with Crippen molar-refractivity contribution in [1.82, 2.24) is 0 Å². The smallest absolute Gasteiger partial charge is 0.174 e. The zero-order chi connectivity index (χ0) is 15.2. The number of anilines is 1. The summed E-state index contributed by atoms with van der Waals surface area (Å²) in [6, 6.07) is 13.9. The van der Waals surface area contributed by atoms with E-state index < -0.39 is 0 Å². The molecule has 0 spiro atoms. The molecule has 0 heterocycles. The summed E-state index contributed by atoms with van der Waals surface area (Å²) in [7, 11) is 0. The monoisotopic (exact) mass is 344 g/mol. The lowest BCUT2D eigenvalue weighted by Crippen LogP contribution is -2.03. The van der Waals surface area contributed by atoms with Gasteiger partial charge in [0.1, 0.15) is 11.8 Å².